The maximum Gasteiger partial charge on any atom is -0.0273 e. The second kappa shape index (κ2) is 41.8. The quantitative estimate of drug-likeness (QED) is 0.0583. The summed E-state index contributed by atoms with van der Waals surface area (Å²) in [4.78, 5) is 0. The lowest BCUT2D eigenvalue weighted by Crippen LogP contribution is -2.04. The summed E-state index contributed by atoms with van der Waals surface area (Å²) < 4.78 is 0. The van der Waals surface area contributed by atoms with E-state index in [9.17, 15) is 0 Å². The van der Waals surface area contributed by atoms with Crippen LogP contribution in [0.5, 0.6) is 0 Å². The van der Waals surface area contributed by atoms with Gasteiger partial charge in [-0.25, -0.2) is 0 Å². The van der Waals surface area contributed by atoms with Gasteiger partial charge in [0, 0.05) is 0 Å². The number of hydrogen-bond donors (Lipinski definition) is 0. The summed E-state index contributed by atoms with van der Waals surface area (Å²) in [5.74, 6) is 0. The predicted molar refractivity (Wildman–Crippen MR) is 249 cm³/mol. The number of rotatable bonds is 44. The molecular formula is C54H102. The van der Waals surface area contributed by atoms with Crippen LogP contribution in [-0.2, 0) is 25.7 Å². The fraction of sp³-hybridized carbons (Fsp3) is 0.889. The molecule has 0 saturated carbocycles. The van der Waals surface area contributed by atoms with Crippen LogP contribution in [0, 0.1) is 0 Å². The molecule has 0 heterocycles. The van der Waals surface area contributed by atoms with E-state index in [0.29, 0.717) is 0 Å². The van der Waals surface area contributed by atoms with Gasteiger partial charge in [-0.05, 0) is 67.2 Å². The number of benzene rings is 1. The molecule has 0 radical (unpaired) electrons. The van der Waals surface area contributed by atoms with Crippen LogP contribution in [-0.4, -0.2) is 0 Å². The lowest BCUT2D eigenvalue weighted by Gasteiger charge is -2.18. The summed E-state index contributed by atoms with van der Waals surface area (Å²) in [5, 5.41) is 0. The van der Waals surface area contributed by atoms with Crippen molar-refractivity contribution in [2.24, 2.45) is 0 Å². The first-order valence-corrected chi connectivity index (χ1v) is 25.9. The van der Waals surface area contributed by atoms with Gasteiger partial charge in [0.1, 0.15) is 0 Å². The van der Waals surface area contributed by atoms with Gasteiger partial charge < -0.3 is 0 Å². The zero-order valence-corrected chi connectivity index (χ0v) is 38.3. The molecule has 0 aliphatic heterocycles. The number of unbranched alkanes of at least 4 members (excludes halogenated alkanes) is 36. The highest BCUT2D eigenvalue weighted by Gasteiger charge is 2.12. The zero-order chi connectivity index (χ0) is 38.8. The lowest BCUT2D eigenvalue weighted by molar-refractivity contribution is 0.536. The predicted octanol–water partition coefficient (Wildman–Crippen LogP) is 19.5. The smallest absolute Gasteiger partial charge is 0.0273 e. The van der Waals surface area contributed by atoms with E-state index in [-0.39, 0.29) is 0 Å². The van der Waals surface area contributed by atoms with Gasteiger partial charge in [0.05, 0.1) is 0 Å². The molecule has 0 atom stereocenters. The maximum atomic E-state index is 2.68. The fourth-order valence-corrected chi connectivity index (χ4v) is 9.06. The largest absolute Gasteiger partial charge is 0.0654 e. The van der Waals surface area contributed by atoms with Crippen molar-refractivity contribution in [2.45, 2.75) is 310 Å². The minimum absolute atomic E-state index is 1.26. The summed E-state index contributed by atoms with van der Waals surface area (Å²) in [6.07, 6.45) is 63.0. The third-order valence-corrected chi connectivity index (χ3v) is 12.7. The van der Waals surface area contributed by atoms with Crippen molar-refractivity contribution in [3.63, 3.8) is 0 Å². The van der Waals surface area contributed by atoms with E-state index in [1.165, 1.54) is 283 Å². The molecule has 1 rings (SSSR count). The van der Waals surface area contributed by atoms with Crippen LogP contribution in [0.2, 0.25) is 0 Å². The zero-order valence-electron chi connectivity index (χ0n) is 38.3. The van der Waals surface area contributed by atoms with Crippen LogP contribution in [0.15, 0.2) is 12.1 Å². The third-order valence-electron chi connectivity index (χ3n) is 12.7. The van der Waals surface area contributed by atoms with Crippen molar-refractivity contribution in [2.75, 3.05) is 0 Å². The molecule has 0 heteroatoms. The molecule has 0 unspecified atom stereocenters. The highest BCUT2D eigenvalue weighted by Crippen LogP contribution is 2.27. The van der Waals surface area contributed by atoms with Crippen LogP contribution in [0.25, 0.3) is 0 Å². The molecule has 0 saturated heterocycles. The van der Waals surface area contributed by atoms with E-state index < -0.39 is 0 Å². The minimum Gasteiger partial charge on any atom is -0.0654 e. The molecular weight excluding hydrogens is 649 g/mol. The van der Waals surface area contributed by atoms with E-state index in [0.717, 1.165) is 0 Å². The fourth-order valence-electron chi connectivity index (χ4n) is 9.06. The Morgan fingerprint density at radius 2 is 0.444 bits per heavy atom. The SMILES string of the molecule is CCCCCCCCCCCCCCCc1cc(CCC)cc(CCCCCCCCCCCCCCC)c1CCCCCCCCCCCCCCC. The second-order valence-corrected chi connectivity index (χ2v) is 18.1. The Morgan fingerprint density at radius 3 is 0.685 bits per heavy atom. The average molecular weight is 751 g/mol. The van der Waals surface area contributed by atoms with Crippen molar-refractivity contribution in [3.05, 3.63) is 34.4 Å². The first-order chi connectivity index (χ1) is 26.8. The van der Waals surface area contributed by atoms with Crippen LogP contribution in [0.3, 0.4) is 0 Å². The van der Waals surface area contributed by atoms with E-state index >= 15 is 0 Å². The van der Waals surface area contributed by atoms with Gasteiger partial charge in [0.2, 0.25) is 0 Å². The molecule has 0 spiro atoms. The molecule has 0 fully saturated rings. The molecule has 0 bridgehead atoms. The van der Waals surface area contributed by atoms with Crippen molar-refractivity contribution in [3.8, 4) is 0 Å². The van der Waals surface area contributed by atoms with E-state index in [2.05, 4.69) is 39.8 Å². The van der Waals surface area contributed by atoms with Crippen LogP contribution < -0.4 is 0 Å². The Morgan fingerprint density at radius 1 is 0.222 bits per heavy atom. The Labute approximate surface area is 343 Å². The van der Waals surface area contributed by atoms with Crippen LogP contribution in [0.4, 0.5) is 0 Å². The normalized spacial score (nSPS) is 11.6. The molecule has 0 aliphatic carbocycles. The van der Waals surface area contributed by atoms with Crippen molar-refractivity contribution in [1.82, 2.24) is 0 Å². The van der Waals surface area contributed by atoms with Crippen molar-refractivity contribution >= 4 is 0 Å². The van der Waals surface area contributed by atoms with Gasteiger partial charge in [-0.15, -0.1) is 0 Å². The minimum atomic E-state index is 1.26. The Kier molecular flexibility index (Phi) is 39.7. The molecule has 0 N–H and O–H groups in total. The second-order valence-electron chi connectivity index (χ2n) is 18.1. The molecule has 54 heavy (non-hydrogen) atoms. The number of aryl methyl sites for hydroxylation is 3. The summed E-state index contributed by atoms with van der Waals surface area (Å²) in [7, 11) is 0. The lowest BCUT2D eigenvalue weighted by atomic mass is 9.87. The highest BCUT2D eigenvalue weighted by atomic mass is 14.2. The molecule has 0 nitrogen and oxygen atoms in total. The molecule has 0 amide bonds. The van der Waals surface area contributed by atoms with Crippen LogP contribution in [0.1, 0.15) is 307 Å². The first kappa shape index (κ1) is 51.2. The van der Waals surface area contributed by atoms with Gasteiger partial charge in [-0.1, -0.05) is 277 Å². The van der Waals surface area contributed by atoms with Crippen LogP contribution >= 0.6 is 0 Å². The van der Waals surface area contributed by atoms with Gasteiger partial charge in [0.25, 0.3) is 0 Å². The number of hydrogen-bond acceptors (Lipinski definition) is 0. The molecule has 1 aromatic rings. The van der Waals surface area contributed by atoms with Gasteiger partial charge in [-0.2, -0.15) is 0 Å². The van der Waals surface area contributed by atoms with Gasteiger partial charge in [-0.3, -0.25) is 0 Å². The Balaban J connectivity index is 2.54. The average Bonchev–Trinajstić information content (AvgIpc) is 3.18. The Bertz CT molecular complexity index is 814. The molecule has 1 aromatic carbocycles. The van der Waals surface area contributed by atoms with Crippen molar-refractivity contribution < 1.29 is 0 Å². The van der Waals surface area contributed by atoms with E-state index in [4.69, 9.17) is 0 Å². The monoisotopic (exact) mass is 751 g/mol. The summed E-state index contributed by atoms with van der Waals surface area (Å²) in [5.41, 5.74) is 6.96. The van der Waals surface area contributed by atoms with E-state index in [1.807, 2.05) is 0 Å². The summed E-state index contributed by atoms with van der Waals surface area (Å²) in [6, 6.07) is 5.35. The van der Waals surface area contributed by atoms with Gasteiger partial charge in [0.15, 0.2) is 0 Å². The summed E-state index contributed by atoms with van der Waals surface area (Å²) in [6.45, 7) is 9.34. The third kappa shape index (κ3) is 32.3. The summed E-state index contributed by atoms with van der Waals surface area (Å²) >= 11 is 0. The maximum absolute atomic E-state index is 2.68. The standard InChI is InChI=1S/C54H102/c1-5-9-12-15-18-21-24-27-30-33-36-39-42-46-52-49-51(45-8-4)50-53(47-43-40-37-34-31-28-25-22-19-16-13-10-6-2)54(52)48-44-41-38-35-32-29-26-23-20-17-14-11-7-3/h49-50H,5-48H2,1-4H3. The van der Waals surface area contributed by atoms with Gasteiger partial charge >= 0.3 is 0 Å². The van der Waals surface area contributed by atoms with Crippen molar-refractivity contribution in [1.29, 1.82) is 0 Å². The topological polar surface area (TPSA) is 0 Å². The Hall–Kier alpha value is -0.780. The van der Waals surface area contributed by atoms with E-state index in [1.54, 1.807) is 22.3 Å². The first-order valence-electron chi connectivity index (χ1n) is 25.9. The highest BCUT2D eigenvalue weighted by molar-refractivity contribution is 5.40. The molecule has 0 aliphatic rings. The molecule has 0 aromatic heterocycles. The molecule has 318 valence electrons.